The summed E-state index contributed by atoms with van der Waals surface area (Å²) in [6, 6.07) is 5.23. The molecule has 0 spiro atoms. The Morgan fingerprint density at radius 1 is 1.20 bits per heavy atom. The lowest BCUT2D eigenvalue weighted by Crippen LogP contribution is -2.57. The van der Waals surface area contributed by atoms with Crippen LogP contribution < -0.4 is 10.6 Å². The van der Waals surface area contributed by atoms with Crippen LogP contribution in [0.15, 0.2) is 18.2 Å². The van der Waals surface area contributed by atoms with E-state index in [2.05, 4.69) is 4.90 Å². The van der Waals surface area contributed by atoms with Crippen LogP contribution in [0.25, 0.3) is 0 Å². The van der Waals surface area contributed by atoms with Gasteiger partial charge in [0, 0.05) is 13.1 Å². The lowest BCUT2D eigenvalue weighted by Gasteiger charge is -2.48. The molecule has 2 rings (SSSR count). The standard InChI is InChI=1S/C16H25FN2O/c1-15(2)10-19(11-16(3,4)20-15)14-12(8-9-18)6-5-7-13(14)17/h5-7H,8-11,18H2,1-4H3. The molecule has 0 saturated carbocycles. The maximum atomic E-state index is 14.3. The van der Waals surface area contributed by atoms with Gasteiger partial charge >= 0.3 is 0 Å². The molecule has 1 fully saturated rings. The molecule has 1 aromatic carbocycles. The predicted molar refractivity (Wildman–Crippen MR) is 80.6 cm³/mol. The third kappa shape index (κ3) is 3.30. The molecule has 20 heavy (non-hydrogen) atoms. The van der Waals surface area contributed by atoms with Gasteiger partial charge in [-0.2, -0.15) is 0 Å². The van der Waals surface area contributed by atoms with E-state index < -0.39 is 0 Å². The Hall–Kier alpha value is -1.13. The largest absolute Gasteiger partial charge is 0.366 e. The summed E-state index contributed by atoms with van der Waals surface area (Å²) in [4.78, 5) is 2.10. The first-order chi connectivity index (χ1) is 9.24. The van der Waals surface area contributed by atoms with Gasteiger partial charge in [-0.05, 0) is 52.3 Å². The second kappa shape index (κ2) is 5.34. The van der Waals surface area contributed by atoms with Crippen molar-refractivity contribution in [2.24, 2.45) is 5.73 Å². The van der Waals surface area contributed by atoms with Crippen molar-refractivity contribution < 1.29 is 9.13 Å². The van der Waals surface area contributed by atoms with Crippen LogP contribution in [0.4, 0.5) is 10.1 Å². The number of ether oxygens (including phenoxy) is 1. The highest BCUT2D eigenvalue weighted by Crippen LogP contribution is 2.34. The molecule has 0 aliphatic carbocycles. The normalized spacial score (nSPS) is 21.0. The molecule has 1 saturated heterocycles. The van der Waals surface area contributed by atoms with Gasteiger partial charge in [-0.15, -0.1) is 0 Å². The van der Waals surface area contributed by atoms with Gasteiger partial charge in [-0.3, -0.25) is 0 Å². The maximum absolute atomic E-state index is 14.3. The van der Waals surface area contributed by atoms with Gasteiger partial charge in [-0.25, -0.2) is 4.39 Å². The average Bonchev–Trinajstić information content (AvgIpc) is 2.24. The highest BCUT2D eigenvalue weighted by Gasteiger charge is 2.39. The minimum Gasteiger partial charge on any atom is -0.366 e. The van der Waals surface area contributed by atoms with E-state index in [-0.39, 0.29) is 17.0 Å². The second-order valence-corrected chi connectivity index (χ2v) is 6.76. The summed E-state index contributed by atoms with van der Waals surface area (Å²) in [5.74, 6) is -0.176. The number of hydrogen-bond donors (Lipinski definition) is 1. The van der Waals surface area contributed by atoms with Crippen molar-refractivity contribution in [3.63, 3.8) is 0 Å². The van der Waals surface area contributed by atoms with E-state index >= 15 is 0 Å². The van der Waals surface area contributed by atoms with Gasteiger partial charge < -0.3 is 15.4 Å². The molecule has 1 aromatic rings. The van der Waals surface area contributed by atoms with Crippen LogP contribution in [0.2, 0.25) is 0 Å². The number of hydrogen-bond acceptors (Lipinski definition) is 3. The van der Waals surface area contributed by atoms with Crippen LogP contribution in [0.5, 0.6) is 0 Å². The number of morpholine rings is 1. The first-order valence-corrected chi connectivity index (χ1v) is 7.17. The highest BCUT2D eigenvalue weighted by atomic mass is 19.1. The molecule has 0 aromatic heterocycles. The molecule has 1 aliphatic heterocycles. The summed E-state index contributed by atoms with van der Waals surface area (Å²) in [6.45, 7) is 10.1. The zero-order valence-corrected chi connectivity index (χ0v) is 12.9. The van der Waals surface area contributed by atoms with Crippen molar-refractivity contribution in [2.75, 3.05) is 24.5 Å². The number of nitrogens with zero attached hydrogens (tertiary/aromatic N) is 1. The van der Waals surface area contributed by atoms with Crippen LogP contribution in [0, 0.1) is 5.82 Å². The summed E-state index contributed by atoms with van der Waals surface area (Å²) in [5, 5.41) is 0. The number of rotatable bonds is 3. The van der Waals surface area contributed by atoms with Crippen molar-refractivity contribution in [1.29, 1.82) is 0 Å². The Morgan fingerprint density at radius 2 is 1.80 bits per heavy atom. The first-order valence-electron chi connectivity index (χ1n) is 7.17. The van der Waals surface area contributed by atoms with Gasteiger partial charge in [0.2, 0.25) is 0 Å². The van der Waals surface area contributed by atoms with E-state index in [0.717, 1.165) is 5.56 Å². The predicted octanol–water partition coefficient (Wildman–Crippen LogP) is 2.72. The van der Waals surface area contributed by atoms with Crippen LogP contribution in [-0.4, -0.2) is 30.8 Å². The smallest absolute Gasteiger partial charge is 0.146 e. The zero-order chi connectivity index (χ0) is 15.0. The molecular weight excluding hydrogens is 255 g/mol. The van der Waals surface area contributed by atoms with Gasteiger partial charge in [0.1, 0.15) is 5.82 Å². The summed E-state index contributed by atoms with van der Waals surface area (Å²) in [6.07, 6.45) is 0.686. The molecule has 4 heteroatoms. The number of halogens is 1. The van der Waals surface area contributed by atoms with Gasteiger partial charge in [0.05, 0.1) is 16.9 Å². The summed E-state index contributed by atoms with van der Waals surface area (Å²) in [7, 11) is 0. The highest BCUT2D eigenvalue weighted by molar-refractivity contribution is 5.56. The molecule has 0 radical (unpaired) electrons. The second-order valence-electron chi connectivity index (χ2n) is 6.76. The van der Waals surface area contributed by atoms with Crippen molar-refractivity contribution in [3.8, 4) is 0 Å². The Labute approximate surface area is 120 Å². The minimum atomic E-state index is -0.302. The number of anilines is 1. The molecule has 0 atom stereocenters. The number of para-hydroxylation sites is 1. The molecule has 1 heterocycles. The van der Waals surface area contributed by atoms with Crippen molar-refractivity contribution in [3.05, 3.63) is 29.6 Å². The van der Waals surface area contributed by atoms with E-state index in [9.17, 15) is 4.39 Å². The van der Waals surface area contributed by atoms with E-state index in [1.54, 1.807) is 6.07 Å². The fraction of sp³-hybridized carbons (Fsp3) is 0.625. The Kier molecular flexibility index (Phi) is 4.07. The Balaban J connectivity index is 2.40. The maximum Gasteiger partial charge on any atom is 0.146 e. The third-order valence-electron chi connectivity index (χ3n) is 3.50. The van der Waals surface area contributed by atoms with Gasteiger partial charge in [0.15, 0.2) is 0 Å². The Morgan fingerprint density at radius 3 is 2.35 bits per heavy atom. The molecule has 2 N–H and O–H groups in total. The Bertz CT molecular complexity index is 469. The number of nitrogens with two attached hydrogens (primary N) is 1. The quantitative estimate of drug-likeness (QED) is 0.925. The molecule has 0 bridgehead atoms. The van der Waals surface area contributed by atoms with E-state index in [0.29, 0.717) is 31.7 Å². The monoisotopic (exact) mass is 280 g/mol. The molecule has 3 nitrogen and oxygen atoms in total. The van der Waals surface area contributed by atoms with Gasteiger partial charge in [0.25, 0.3) is 0 Å². The fourth-order valence-corrected chi connectivity index (χ4v) is 3.22. The minimum absolute atomic E-state index is 0.176. The van der Waals surface area contributed by atoms with Crippen molar-refractivity contribution in [2.45, 2.75) is 45.3 Å². The number of benzene rings is 1. The van der Waals surface area contributed by atoms with E-state index in [1.807, 2.05) is 33.8 Å². The van der Waals surface area contributed by atoms with Crippen LogP contribution in [0.1, 0.15) is 33.3 Å². The zero-order valence-electron chi connectivity index (χ0n) is 12.9. The summed E-state index contributed by atoms with van der Waals surface area (Å²) >= 11 is 0. The topological polar surface area (TPSA) is 38.5 Å². The van der Waals surface area contributed by atoms with Crippen molar-refractivity contribution >= 4 is 5.69 Å². The van der Waals surface area contributed by atoms with Crippen molar-refractivity contribution in [1.82, 2.24) is 0 Å². The molecule has 0 unspecified atom stereocenters. The van der Waals surface area contributed by atoms with Crippen LogP contribution in [0.3, 0.4) is 0 Å². The van der Waals surface area contributed by atoms with E-state index in [1.165, 1.54) is 6.07 Å². The lowest BCUT2D eigenvalue weighted by atomic mass is 9.97. The summed E-state index contributed by atoms with van der Waals surface area (Å²) < 4.78 is 20.4. The van der Waals surface area contributed by atoms with Crippen LogP contribution in [-0.2, 0) is 11.2 Å². The average molecular weight is 280 g/mol. The fourth-order valence-electron chi connectivity index (χ4n) is 3.22. The molecule has 1 aliphatic rings. The van der Waals surface area contributed by atoms with Gasteiger partial charge in [-0.1, -0.05) is 12.1 Å². The third-order valence-corrected chi connectivity index (χ3v) is 3.50. The molecule has 0 amide bonds. The first kappa shape index (κ1) is 15.3. The van der Waals surface area contributed by atoms with Crippen LogP contribution >= 0.6 is 0 Å². The SMILES string of the molecule is CC1(C)CN(c2c(F)cccc2CCN)CC(C)(C)O1. The molecule has 112 valence electrons. The molecular formula is C16H25FN2O. The van der Waals surface area contributed by atoms with E-state index in [4.69, 9.17) is 10.5 Å². The summed E-state index contributed by atoms with van der Waals surface area (Å²) in [5.41, 5.74) is 6.70. The lowest BCUT2D eigenvalue weighted by molar-refractivity contribution is -0.133.